The number of anilines is 1. The minimum Gasteiger partial charge on any atom is -0.329 e. The molecule has 0 aliphatic heterocycles. The lowest BCUT2D eigenvalue weighted by Gasteiger charge is -2.17. The van der Waals surface area contributed by atoms with Crippen LogP contribution in [0.1, 0.15) is 17.0 Å². The second-order valence-electron chi connectivity index (χ2n) is 6.91. The molecule has 1 heterocycles. The van der Waals surface area contributed by atoms with Gasteiger partial charge in [0.15, 0.2) is 0 Å². The quantitative estimate of drug-likeness (QED) is 0.441. The van der Waals surface area contributed by atoms with Crippen LogP contribution in [0.4, 0.5) is 5.95 Å². The number of nitrogens with one attached hydrogen (secondary N) is 1. The third kappa shape index (κ3) is 4.05. The molecule has 1 aromatic heterocycles. The number of nitrogens with two attached hydrogens (primary N) is 1. The largest absolute Gasteiger partial charge is 0.329 e. The fourth-order valence-electron chi connectivity index (χ4n) is 3.49. The SMILES string of the molecule is NCC(C(=O)Nc1nc2cccc(Cl)c2n1Cc1ccccc1)c1ccccc1Cl. The number of hydrogen-bond donors (Lipinski definition) is 2. The van der Waals surface area contributed by atoms with E-state index in [2.05, 4.69) is 10.3 Å². The fourth-order valence-corrected chi connectivity index (χ4v) is 4.03. The van der Waals surface area contributed by atoms with Gasteiger partial charge in [-0.05, 0) is 29.3 Å². The third-order valence-electron chi connectivity index (χ3n) is 4.97. The van der Waals surface area contributed by atoms with Crippen LogP contribution >= 0.6 is 23.2 Å². The summed E-state index contributed by atoms with van der Waals surface area (Å²) in [6.45, 7) is 0.630. The molecule has 4 aromatic rings. The van der Waals surface area contributed by atoms with E-state index in [1.54, 1.807) is 6.07 Å². The Morgan fingerprint density at radius 2 is 1.67 bits per heavy atom. The van der Waals surface area contributed by atoms with E-state index in [4.69, 9.17) is 28.9 Å². The summed E-state index contributed by atoms with van der Waals surface area (Å²) in [5.41, 5.74) is 9.14. The Hall–Kier alpha value is -2.86. The van der Waals surface area contributed by atoms with Gasteiger partial charge >= 0.3 is 0 Å². The van der Waals surface area contributed by atoms with E-state index in [0.717, 1.165) is 11.1 Å². The third-order valence-corrected chi connectivity index (χ3v) is 5.62. The smallest absolute Gasteiger partial charge is 0.235 e. The molecule has 7 heteroatoms. The predicted molar refractivity (Wildman–Crippen MR) is 122 cm³/mol. The average Bonchev–Trinajstić information content (AvgIpc) is 3.09. The van der Waals surface area contributed by atoms with Gasteiger partial charge in [0.2, 0.25) is 11.9 Å². The molecule has 5 nitrogen and oxygen atoms in total. The number of halogens is 2. The van der Waals surface area contributed by atoms with Gasteiger partial charge in [-0.3, -0.25) is 10.1 Å². The summed E-state index contributed by atoms with van der Waals surface area (Å²) >= 11 is 12.8. The average molecular weight is 439 g/mol. The number of aromatic nitrogens is 2. The van der Waals surface area contributed by atoms with Gasteiger partial charge in [0, 0.05) is 11.6 Å². The second kappa shape index (κ2) is 8.88. The first-order valence-corrected chi connectivity index (χ1v) is 10.3. The number of imidazole rings is 1. The van der Waals surface area contributed by atoms with Crippen molar-refractivity contribution in [2.75, 3.05) is 11.9 Å². The molecule has 152 valence electrons. The highest BCUT2D eigenvalue weighted by Gasteiger charge is 2.24. The van der Waals surface area contributed by atoms with E-state index in [-0.39, 0.29) is 12.5 Å². The molecular formula is C23H20Cl2N4O. The van der Waals surface area contributed by atoms with Gasteiger partial charge in [0.25, 0.3) is 0 Å². The number of nitrogens with zero attached hydrogens (tertiary/aromatic N) is 2. The maximum atomic E-state index is 13.1. The highest BCUT2D eigenvalue weighted by molar-refractivity contribution is 6.35. The molecule has 0 aliphatic carbocycles. The standard InChI is InChI=1S/C23H20Cl2N4O/c24-18-10-5-4-9-16(18)17(13-26)22(30)28-23-27-20-12-6-11-19(25)21(20)29(23)14-15-7-2-1-3-8-15/h1-12,17H,13-14,26H2,(H,27,28,30). The van der Waals surface area contributed by atoms with Gasteiger partial charge in [0.05, 0.1) is 28.5 Å². The van der Waals surface area contributed by atoms with Gasteiger partial charge in [-0.2, -0.15) is 0 Å². The van der Waals surface area contributed by atoms with Crippen LogP contribution in [0.5, 0.6) is 0 Å². The monoisotopic (exact) mass is 438 g/mol. The Morgan fingerprint density at radius 3 is 2.40 bits per heavy atom. The maximum Gasteiger partial charge on any atom is 0.235 e. The Morgan fingerprint density at radius 1 is 0.967 bits per heavy atom. The molecule has 0 radical (unpaired) electrons. The van der Waals surface area contributed by atoms with Gasteiger partial charge in [-0.25, -0.2) is 4.98 Å². The zero-order valence-corrected chi connectivity index (χ0v) is 17.6. The first-order valence-electron chi connectivity index (χ1n) is 9.52. The highest BCUT2D eigenvalue weighted by Crippen LogP contribution is 2.29. The molecule has 1 unspecified atom stereocenters. The first-order chi connectivity index (χ1) is 14.6. The minimum absolute atomic E-state index is 0.120. The summed E-state index contributed by atoms with van der Waals surface area (Å²) in [4.78, 5) is 17.7. The van der Waals surface area contributed by atoms with Crippen molar-refractivity contribution in [2.24, 2.45) is 5.73 Å². The van der Waals surface area contributed by atoms with Crippen LogP contribution in [0.2, 0.25) is 10.0 Å². The Labute approximate surface area is 184 Å². The van der Waals surface area contributed by atoms with Crippen molar-refractivity contribution < 1.29 is 4.79 Å². The van der Waals surface area contributed by atoms with Crippen molar-refractivity contribution in [3.63, 3.8) is 0 Å². The molecule has 3 N–H and O–H groups in total. The fraction of sp³-hybridized carbons (Fsp3) is 0.130. The number of fused-ring (bicyclic) bond motifs is 1. The van der Waals surface area contributed by atoms with Crippen molar-refractivity contribution in [3.8, 4) is 0 Å². The van der Waals surface area contributed by atoms with Crippen molar-refractivity contribution in [3.05, 3.63) is 94.0 Å². The summed E-state index contributed by atoms with van der Waals surface area (Å²) in [5, 5.41) is 4.01. The number of carbonyl (C=O) groups is 1. The molecule has 0 saturated carbocycles. The Balaban J connectivity index is 1.73. The van der Waals surface area contributed by atoms with Crippen LogP contribution in [0.25, 0.3) is 11.0 Å². The van der Waals surface area contributed by atoms with Crippen LogP contribution < -0.4 is 11.1 Å². The molecule has 0 saturated heterocycles. The lowest BCUT2D eigenvalue weighted by Crippen LogP contribution is -2.29. The Bertz CT molecular complexity index is 1190. The van der Waals surface area contributed by atoms with Gasteiger partial charge < -0.3 is 10.3 Å². The second-order valence-corrected chi connectivity index (χ2v) is 7.73. The van der Waals surface area contributed by atoms with Gasteiger partial charge in [-0.1, -0.05) is 77.8 Å². The topological polar surface area (TPSA) is 72.9 Å². The van der Waals surface area contributed by atoms with Crippen molar-refractivity contribution in [2.45, 2.75) is 12.5 Å². The van der Waals surface area contributed by atoms with Crippen LogP contribution in [0.3, 0.4) is 0 Å². The van der Waals surface area contributed by atoms with Gasteiger partial charge in [-0.15, -0.1) is 0 Å². The van der Waals surface area contributed by atoms with Crippen LogP contribution in [0, 0.1) is 0 Å². The summed E-state index contributed by atoms with van der Waals surface area (Å²) in [7, 11) is 0. The van der Waals surface area contributed by atoms with E-state index in [1.807, 2.05) is 71.3 Å². The molecule has 4 rings (SSSR count). The molecular weight excluding hydrogens is 419 g/mol. The maximum absolute atomic E-state index is 13.1. The van der Waals surface area contributed by atoms with Gasteiger partial charge in [0.1, 0.15) is 0 Å². The number of amides is 1. The van der Waals surface area contributed by atoms with Crippen LogP contribution in [0.15, 0.2) is 72.8 Å². The van der Waals surface area contributed by atoms with Crippen LogP contribution in [-0.4, -0.2) is 22.0 Å². The zero-order chi connectivity index (χ0) is 21.1. The van der Waals surface area contributed by atoms with Crippen LogP contribution in [-0.2, 0) is 11.3 Å². The predicted octanol–water partition coefficient (Wildman–Crippen LogP) is 5.07. The summed E-state index contributed by atoms with van der Waals surface area (Å²) < 4.78 is 1.91. The van der Waals surface area contributed by atoms with E-state index in [1.165, 1.54) is 0 Å². The molecule has 0 bridgehead atoms. The number of carbonyl (C=O) groups excluding carboxylic acids is 1. The normalized spacial score (nSPS) is 12.1. The summed E-state index contributed by atoms with van der Waals surface area (Å²) in [5.74, 6) is -0.456. The summed E-state index contributed by atoms with van der Waals surface area (Å²) in [6, 6.07) is 22.6. The zero-order valence-electron chi connectivity index (χ0n) is 16.1. The summed E-state index contributed by atoms with van der Waals surface area (Å²) in [6.07, 6.45) is 0. The molecule has 1 amide bonds. The molecule has 30 heavy (non-hydrogen) atoms. The van der Waals surface area contributed by atoms with E-state index >= 15 is 0 Å². The number of rotatable bonds is 6. The van der Waals surface area contributed by atoms with E-state index in [0.29, 0.717) is 33.6 Å². The van der Waals surface area contributed by atoms with Crippen molar-refractivity contribution in [1.29, 1.82) is 0 Å². The van der Waals surface area contributed by atoms with E-state index < -0.39 is 5.92 Å². The molecule has 0 spiro atoms. The van der Waals surface area contributed by atoms with Crippen molar-refractivity contribution in [1.82, 2.24) is 9.55 Å². The lowest BCUT2D eigenvalue weighted by atomic mass is 9.98. The number of benzene rings is 3. The number of hydrogen-bond acceptors (Lipinski definition) is 3. The Kier molecular flexibility index (Phi) is 6.04. The van der Waals surface area contributed by atoms with E-state index in [9.17, 15) is 4.79 Å². The lowest BCUT2D eigenvalue weighted by molar-refractivity contribution is -0.117. The minimum atomic E-state index is -0.598. The molecule has 1 atom stereocenters. The molecule has 0 fully saturated rings. The highest BCUT2D eigenvalue weighted by atomic mass is 35.5. The first kappa shape index (κ1) is 20.4. The molecule has 0 aliphatic rings. The van der Waals surface area contributed by atoms with Crippen molar-refractivity contribution >= 4 is 46.1 Å². The molecule has 3 aromatic carbocycles. The number of para-hydroxylation sites is 1.